The van der Waals surface area contributed by atoms with Gasteiger partial charge in [-0.15, -0.1) is 0 Å². The van der Waals surface area contributed by atoms with Crippen LogP contribution in [0, 0.1) is 11.7 Å². The van der Waals surface area contributed by atoms with Crippen LogP contribution in [0.1, 0.15) is 37.7 Å². The number of rotatable bonds is 4. The summed E-state index contributed by atoms with van der Waals surface area (Å²) < 4.78 is 19.2. The van der Waals surface area contributed by atoms with Crippen LogP contribution in [0.15, 0.2) is 22.7 Å². The molecule has 0 N–H and O–H groups in total. The summed E-state index contributed by atoms with van der Waals surface area (Å²) in [5, 5.41) is 0. The van der Waals surface area contributed by atoms with E-state index in [2.05, 4.69) is 15.9 Å². The Morgan fingerprint density at radius 3 is 2.71 bits per heavy atom. The molecule has 1 aliphatic carbocycles. The molecule has 0 radical (unpaired) electrons. The summed E-state index contributed by atoms with van der Waals surface area (Å²) >= 11 is 3.18. The van der Waals surface area contributed by atoms with Crippen molar-refractivity contribution in [2.75, 3.05) is 6.61 Å². The number of halogens is 2. The van der Waals surface area contributed by atoms with Gasteiger partial charge in [0.2, 0.25) is 0 Å². The van der Waals surface area contributed by atoms with Crippen molar-refractivity contribution in [3.8, 4) is 0 Å². The minimum Gasteiger partial charge on any atom is -0.376 e. The second-order valence-electron chi connectivity index (χ2n) is 4.77. The fraction of sp³-hybridized carbons (Fsp3) is 0.571. The maximum absolute atomic E-state index is 13.0. The number of benzene rings is 1. The Bertz CT molecular complexity index is 361. The zero-order chi connectivity index (χ0) is 12.1. The second-order valence-corrected chi connectivity index (χ2v) is 5.62. The van der Waals surface area contributed by atoms with Gasteiger partial charge in [-0.25, -0.2) is 4.39 Å². The van der Waals surface area contributed by atoms with Gasteiger partial charge < -0.3 is 4.74 Å². The van der Waals surface area contributed by atoms with Crippen molar-refractivity contribution in [2.24, 2.45) is 5.92 Å². The highest BCUT2D eigenvalue weighted by atomic mass is 79.9. The van der Waals surface area contributed by atoms with Crippen LogP contribution < -0.4 is 0 Å². The van der Waals surface area contributed by atoms with E-state index in [-0.39, 0.29) is 5.82 Å². The van der Waals surface area contributed by atoms with E-state index in [0.29, 0.717) is 11.1 Å². The van der Waals surface area contributed by atoms with E-state index >= 15 is 0 Å². The van der Waals surface area contributed by atoms with Crippen LogP contribution in [0.3, 0.4) is 0 Å². The lowest BCUT2D eigenvalue weighted by atomic mass is 9.90. The zero-order valence-electron chi connectivity index (χ0n) is 9.92. The van der Waals surface area contributed by atoms with Crippen molar-refractivity contribution in [1.29, 1.82) is 0 Å². The third-order valence-corrected chi connectivity index (χ3v) is 3.94. The smallest absolute Gasteiger partial charge is 0.137 e. The minimum absolute atomic E-state index is 0.221. The summed E-state index contributed by atoms with van der Waals surface area (Å²) in [6.07, 6.45) is 6.66. The van der Waals surface area contributed by atoms with Gasteiger partial charge in [0.05, 0.1) is 11.1 Å². The first-order chi connectivity index (χ1) is 8.25. The molecule has 1 fully saturated rings. The van der Waals surface area contributed by atoms with Crippen molar-refractivity contribution >= 4 is 15.9 Å². The molecule has 0 amide bonds. The summed E-state index contributed by atoms with van der Waals surface area (Å²) in [5.74, 6) is 0.508. The lowest BCUT2D eigenvalue weighted by Gasteiger charge is -2.21. The van der Waals surface area contributed by atoms with E-state index in [1.54, 1.807) is 12.1 Å². The first-order valence-corrected chi connectivity index (χ1v) is 7.06. The van der Waals surface area contributed by atoms with E-state index in [4.69, 9.17) is 4.74 Å². The second kappa shape index (κ2) is 6.50. The zero-order valence-corrected chi connectivity index (χ0v) is 11.5. The highest BCUT2D eigenvalue weighted by Crippen LogP contribution is 2.24. The molecule has 0 aromatic heterocycles. The lowest BCUT2D eigenvalue weighted by molar-refractivity contribution is 0.0739. The Labute approximate surface area is 110 Å². The molecule has 1 aliphatic rings. The molecule has 1 aromatic rings. The summed E-state index contributed by atoms with van der Waals surface area (Å²) in [6, 6.07) is 5.04. The fourth-order valence-electron chi connectivity index (χ4n) is 2.33. The predicted octanol–water partition coefficient (Wildman–Crippen LogP) is 4.69. The quantitative estimate of drug-likeness (QED) is 0.784. The number of hydrogen-bond acceptors (Lipinski definition) is 1. The highest BCUT2D eigenvalue weighted by Gasteiger charge is 2.13. The summed E-state index contributed by atoms with van der Waals surface area (Å²) in [5.41, 5.74) is 1.02. The van der Waals surface area contributed by atoms with Crippen molar-refractivity contribution in [2.45, 2.75) is 38.7 Å². The Morgan fingerprint density at radius 1 is 1.24 bits per heavy atom. The van der Waals surface area contributed by atoms with E-state index in [9.17, 15) is 4.39 Å². The van der Waals surface area contributed by atoms with Gasteiger partial charge in [0.15, 0.2) is 0 Å². The minimum atomic E-state index is -0.221. The molecule has 1 saturated carbocycles. The maximum atomic E-state index is 13.0. The normalized spacial score (nSPS) is 17.3. The van der Waals surface area contributed by atoms with Crippen molar-refractivity contribution < 1.29 is 9.13 Å². The number of hydrogen-bond donors (Lipinski definition) is 0. The molecule has 0 aliphatic heterocycles. The molecule has 0 bridgehead atoms. The molecule has 0 saturated heterocycles. The molecule has 0 spiro atoms. The van der Waals surface area contributed by atoms with E-state index < -0.39 is 0 Å². The average molecular weight is 301 g/mol. The van der Waals surface area contributed by atoms with Gasteiger partial charge in [-0.1, -0.05) is 25.3 Å². The monoisotopic (exact) mass is 300 g/mol. The van der Waals surface area contributed by atoms with Gasteiger partial charge in [0.1, 0.15) is 5.82 Å². The van der Waals surface area contributed by atoms with Gasteiger partial charge >= 0.3 is 0 Å². The van der Waals surface area contributed by atoms with Crippen molar-refractivity contribution in [3.63, 3.8) is 0 Å². The molecule has 0 unspecified atom stereocenters. The standard InChI is InChI=1S/C14H18BrFO/c15-13-8-12(6-7-14(13)16)10-17-9-11-4-2-1-3-5-11/h6-8,11H,1-5,9-10H2. The van der Waals surface area contributed by atoms with Crippen LogP contribution in [-0.2, 0) is 11.3 Å². The third-order valence-electron chi connectivity index (χ3n) is 3.33. The van der Waals surface area contributed by atoms with Gasteiger partial charge in [-0.3, -0.25) is 0 Å². The lowest BCUT2D eigenvalue weighted by Crippen LogP contribution is -2.13. The molecule has 94 valence electrons. The van der Waals surface area contributed by atoms with Crippen LogP contribution in [-0.4, -0.2) is 6.61 Å². The Balaban J connectivity index is 1.75. The summed E-state index contributed by atoms with van der Waals surface area (Å²) in [7, 11) is 0. The van der Waals surface area contributed by atoms with Gasteiger partial charge in [0, 0.05) is 6.61 Å². The Hall–Kier alpha value is -0.410. The summed E-state index contributed by atoms with van der Waals surface area (Å²) in [4.78, 5) is 0. The van der Waals surface area contributed by atoms with E-state index in [1.807, 2.05) is 0 Å². The molecule has 1 nitrogen and oxygen atoms in total. The van der Waals surface area contributed by atoms with Gasteiger partial charge in [-0.2, -0.15) is 0 Å². The first-order valence-electron chi connectivity index (χ1n) is 6.27. The van der Waals surface area contributed by atoms with Crippen LogP contribution in [0.25, 0.3) is 0 Å². The highest BCUT2D eigenvalue weighted by molar-refractivity contribution is 9.10. The van der Waals surface area contributed by atoms with Crippen LogP contribution in [0.5, 0.6) is 0 Å². The average Bonchev–Trinajstić information content (AvgIpc) is 2.35. The summed E-state index contributed by atoms with van der Waals surface area (Å²) in [6.45, 7) is 1.42. The molecule has 0 atom stereocenters. The molecule has 17 heavy (non-hydrogen) atoms. The van der Waals surface area contributed by atoms with Crippen molar-refractivity contribution in [3.05, 3.63) is 34.1 Å². The molecule has 3 heteroatoms. The predicted molar refractivity (Wildman–Crippen MR) is 70.3 cm³/mol. The van der Waals surface area contributed by atoms with Gasteiger partial charge in [0.25, 0.3) is 0 Å². The molecule has 1 aromatic carbocycles. The Kier molecular flexibility index (Phi) is 4.99. The van der Waals surface area contributed by atoms with E-state index in [1.165, 1.54) is 38.2 Å². The Morgan fingerprint density at radius 2 is 2.00 bits per heavy atom. The number of ether oxygens (including phenoxy) is 1. The third kappa shape index (κ3) is 4.07. The SMILES string of the molecule is Fc1ccc(COCC2CCCCC2)cc1Br. The first kappa shape index (κ1) is 13.0. The molecule has 2 rings (SSSR count). The van der Waals surface area contributed by atoms with Crippen LogP contribution in [0.4, 0.5) is 4.39 Å². The fourth-order valence-corrected chi connectivity index (χ4v) is 2.75. The van der Waals surface area contributed by atoms with Crippen LogP contribution >= 0.6 is 15.9 Å². The topological polar surface area (TPSA) is 9.23 Å². The molecule has 0 heterocycles. The van der Waals surface area contributed by atoms with Crippen LogP contribution in [0.2, 0.25) is 0 Å². The molecular formula is C14H18BrFO. The van der Waals surface area contributed by atoms with Crippen molar-refractivity contribution in [1.82, 2.24) is 0 Å². The maximum Gasteiger partial charge on any atom is 0.137 e. The van der Waals surface area contributed by atoms with Gasteiger partial charge in [-0.05, 0) is 52.4 Å². The van der Waals surface area contributed by atoms with E-state index in [0.717, 1.165) is 18.1 Å². The largest absolute Gasteiger partial charge is 0.376 e. The molecular weight excluding hydrogens is 283 g/mol.